The second-order valence-corrected chi connectivity index (χ2v) is 7.03. The largest absolute Gasteiger partial charge is 0.287 e. The molecular formula is C17H17N3O3S2. The first kappa shape index (κ1) is 17.7. The first-order chi connectivity index (χ1) is 12.2. The van der Waals surface area contributed by atoms with E-state index in [0.29, 0.717) is 28.5 Å². The molecular weight excluding hydrogens is 358 g/mol. The van der Waals surface area contributed by atoms with Crippen molar-refractivity contribution in [3.05, 3.63) is 57.7 Å². The molecule has 0 saturated heterocycles. The molecule has 0 atom stereocenters. The smallest absolute Gasteiger partial charge is 0.272 e. The lowest BCUT2D eigenvalue weighted by Gasteiger charge is -2.10. The molecule has 0 aliphatic rings. The number of hydroxylamine groups is 1. The quantitative estimate of drug-likeness (QED) is 0.391. The number of aromatic nitrogens is 2. The van der Waals surface area contributed by atoms with Crippen LogP contribution in [0.25, 0.3) is 10.2 Å². The third-order valence-electron chi connectivity index (χ3n) is 3.45. The molecule has 1 aromatic carbocycles. The first-order valence-electron chi connectivity index (χ1n) is 7.74. The van der Waals surface area contributed by atoms with E-state index in [0.717, 1.165) is 5.56 Å². The van der Waals surface area contributed by atoms with Gasteiger partial charge in [-0.3, -0.25) is 19.0 Å². The first-order valence-corrected chi connectivity index (χ1v) is 9.61. The lowest BCUT2D eigenvalue weighted by Crippen LogP contribution is -2.26. The minimum absolute atomic E-state index is 0.0641. The van der Waals surface area contributed by atoms with Crippen LogP contribution in [0.3, 0.4) is 0 Å². The van der Waals surface area contributed by atoms with E-state index in [2.05, 4.69) is 10.5 Å². The van der Waals surface area contributed by atoms with E-state index in [4.69, 9.17) is 4.84 Å². The van der Waals surface area contributed by atoms with Gasteiger partial charge >= 0.3 is 0 Å². The van der Waals surface area contributed by atoms with Gasteiger partial charge in [0.25, 0.3) is 11.5 Å². The van der Waals surface area contributed by atoms with Crippen LogP contribution in [0.4, 0.5) is 0 Å². The minimum atomic E-state index is -0.275. The van der Waals surface area contributed by atoms with Gasteiger partial charge in [-0.15, -0.1) is 11.3 Å². The molecule has 0 unspecified atom stereocenters. The zero-order chi connectivity index (χ0) is 17.6. The fourth-order valence-corrected chi connectivity index (χ4v) is 3.87. The van der Waals surface area contributed by atoms with Gasteiger partial charge in [-0.2, -0.15) is 0 Å². The highest BCUT2D eigenvalue weighted by Gasteiger charge is 2.13. The zero-order valence-corrected chi connectivity index (χ0v) is 15.2. The molecule has 1 N–H and O–H groups in total. The highest BCUT2D eigenvalue weighted by atomic mass is 32.2. The predicted molar refractivity (Wildman–Crippen MR) is 99.7 cm³/mol. The topological polar surface area (TPSA) is 73.2 Å². The van der Waals surface area contributed by atoms with Gasteiger partial charge in [-0.1, -0.05) is 42.1 Å². The fraction of sp³-hybridized carbons (Fsp3) is 0.235. The van der Waals surface area contributed by atoms with Crippen LogP contribution >= 0.6 is 23.1 Å². The van der Waals surface area contributed by atoms with Crippen LogP contribution in [0.15, 0.2) is 51.7 Å². The molecule has 130 valence electrons. The van der Waals surface area contributed by atoms with Gasteiger partial charge in [-0.25, -0.2) is 10.5 Å². The number of amides is 1. The van der Waals surface area contributed by atoms with Crippen LogP contribution in [-0.2, 0) is 22.8 Å². The molecule has 6 nitrogen and oxygen atoms in total. The summed E-state index contributed by atoms with van der Waals surface area (Å²) in [6.07, 6.45) is 0. The molecule has 0 radical (unpaired) electrons. The van der Waals surface area contributed by atoms with E-state index in [1.54, 1.807) is 4.57 Å². The number of hydrogen-bond acceptors (Lipinski definition) is 6. The summed E-state index contributed by atoms with van der Waals surface area (Å²) in [6.45, 7) is 2.69. The van der Waals surface area contributed by atoms with Crippen molar-refractivity contribution in [2.75, 3.05) is 5.75 Å². The highest BCUT2D eigenvalue weighted by Crippen LogP contribution is 2.20. The molecule has 0 aliphatic carbocycles. The molecule has 3 aromatic rings. The van der Waals surface area contributed by atoms with Crippen LogP contribution in [0.2, 0.25) is 0 Å². The number of thiophene rings is 1. The number of fused-ring (bicyclic) bond motifs is 1. The van der Waals surface area contributed by atoms with E-state index in [1.165, 1.54) is 23.1 Å². The second-order valence-electron chi connectivity index (χ2n) is 5.17. The number of rotatable bonds is 7. The van der Waals surface area contributed by atoms with Crippen molar-refractivity contribution in [3.8, 4) is 0 Å². The molecule has 0 spiro atoms. The van der Waals surface area contributed by atoms with Crippen molar-refractivity contribution in [2.45, 2.75) is 25.2 Å². The van der Waals surface area contributed by atoms with Crippen molar-refractivity contribution in [1.29, 1.82) is 0 Å². The molecule has 1 amide bonds. The normalized spacial score (nSPS) is 10.9. The summed E-state index contributed by atoms with van der Waals surface area (Å²) in [6, 6.07) is 11.4. The second kappa shape index (κ2) is 8.28. The summed E-state index contributed by atoms with van der Waals surface area (Å²) < 4.78 is 2.23. The average Bonchev–Trinajstić information content (AvgIpc) is 3.10. The average molecular weight is 375 g/mol. The van der Waals surface area contributed by atoms with Crippen molar-refractivity contribution in [2.24, 2.45) is 0 Å². The van der Waals surface area contributed by atoms with Gasteiger partial charge in [-0.05, 0) is 23.9 Å². The Balaban J connectivity index is 1.58. The van der Waals surface area contributed by atoms with E-state index >= 15 is 0 Å². The Bertz CT molecular complexity index is 922. The number of carbonyl (C=O) groups is 1. The lowest BCUT2D eigenvalue weighted by molar-refractivity contribution is -0.131. The summed E-state index contributed by atoms with van der Waals surface area (Å²) >= 11 is 2.60. The number of thioether (sulfide) groups is 1. The van der Waals surface area contributed by atoms with Crippen molar-refractivity contribution >= 4 is 39.2 Å². The number of carbonyl (C=O) groups excluding carboxylic acids is 1. The number of benzene rings is 1. The SMILES string of the molecule is CCn1c(SCC(=O)NOCc2ccccc2)nc2ccsc2c1=O. The molecule has 25 heavy (non-hydrogen) atoms. The Morgan fingerprint density at radius 3 is 2.88 bits per heavy atom. The van der Waals surface area contributed by atoms with Gasteiger partial charge in [0.05, 0.1) is 17.9 Å². The molecule has 2 aromatic heterocycles. The van der Waals surface area contributed by atoms with Crippen LogP contribution in [0.5, 0.6) is 0 Å². The summed E-state index contributed by atoms with van der Waals surface area (Å²) in [5.74, 6) is -0.153. The molecule has 2 heterocycles. The third-order valence-corrected chi connectivity index (χ3v) is 5.32. The summed E-state index contributed by atoms with van der Waals surface area (Å²) in [4.78, 5) is 34.0. The van der Waals surface area contributed by atoms with Crippen molar-refractivity contribution in [1.82, 2.24) is 15.0 Å². The van der Waals surface area contributed by atoms with E-state index in [-0.39, 0.29) is 17.2 Å². The standard InChI is InChI=1S/C17H17N3O3S2/c1-2-20-16(22)15-13(8-9-24-15)18-17(20)25-11-14(21)19-23-10-12-6-4-3-5-7-12/h3-9H,2,10-11H2,1H3,(H,19,21). The summed E-state index contributed by atoms with van der Waals surface area (Å²) in [5.41, 5.74) is 3.99. The molecule has 0 bridgehead atoms. The van der Waals surface area contributed by atoms with Crippen LogP contribution in [0, 0.1) is 0 Å². The highest BCUT2D eigenvalue weighted by molar-refractivity contribution is 7.99. The van der Waals surface area contributed by atoms with Crippen molar-refractivity contribution in [3.63, 3.8) is 0 Å². The van der Waals surface area contributed by atoms with Crippen LogP contribution in [-0.4, -0.2) is 21.2 Å². The number of nitrogens with zero attached hydrogens (tertiary/aromatic N) is 2. The van der Waals surface area contributed by atoms with Crippen LogP contribution in [0.1, 0.15) is 12.5 Å². The Hall–Kier alpha value is -2.16. The monoisotopic (exact) mass is 375 g/mol. The van der Waals surface area contributed by atoms with Gasteiger partial charge in [0, 0.05) is 6.54 Å². The molecule has 8 heteroatoms. The minimum Gasteiger partial charge on any atom is -0.287 e. The Labute approximate surface area is 152 Å². The predicted octanol–water partition coefficient (Wildman–Crippen LogP) is 2.82. The fourth-order valence-electron chi connectivity index (χ4n) is 2.25. The van der Waals surface area contributed by atoms with E-state index in [1.807, 2.05) is 48.7 Å². The van der Waals surface area contributed by atoms with Gasteiger partial charge in [0.2, 0.25) is 0 Å². The summed E-state index contributed by atoms with van der Waals surface area (Å²) in [7, 11) is 0. The van der Waals surface area contributed by atoms with Gasteiger partial charge in [0.1, 0.15) is 4.70 Å². The number of hydrogen-bond donors (Lipinski definition) is 1. The van der Waals surface area contributed by atoms with Gasteiger partial charge < -0.3 is 0 Å². The Morgan fingerprint density at radius 1 is 1.32 bits per heavy atom. The Morgan fingerprint density at radius 2 is 2.12 bits per heavy atom. The maximum atomic E-state index is 12.4. The van der Waals surface area contributed by atoms with E-state index in [9.17, 15) is 9.59 Å². The maximum absolute atomic E-state index is 12.4. The molecule has 0 aliphatic heterocycles. The van der Waals surface area contributed by atoms with E-state index < -0.39 is 0 Å². The summed E-state index contributed by atoms with van der Waals surface area (Å²) in [5, 5.41) is 2.38. The van der Waals surface area contributed by atoms with Crippen molar-refractivity contribution < 1.29 is 9.63 Å². The third kappa shape index (κ3) is 4.28. The lowest BCUT2D eigenvalue weighted by atomic mass is 10.2. The Kier molecular flexibility index (Phi) is 5.85. The van der Waals surface area contributed by atoms with Gasteiger partial charge in [0.15, 0.2) is 5.16 Å². The van der Waals surface area contributed by atoms with Crippen LogP contribution < -0.4 is 11.0 Å². The number of nitrogens with one attached hydrogen (secondary N) is 1. The molecule has 3 rings (SSSR count). The molecule has 0 fully saturated rings. The zero-order valence-electron chi connectivity index (χ0n) is 13.6. The molecule has 0 saturated carbocycles. The maximum Gasteiger partial charge on any atom is 0.272 e.